The number of nitrogens with one attached hydrogen (secondary N) is 1. The fraction of sp³-hybridized carbons (Fsp3) is 0.538. The van der Waals surface area contributed by atoms with E-state index in [1.54, 1.807) is 0 Å². The van der Waals surface area contributed by atoms with Crippen LogP contribution in [0.15, 0.2) is 12.1 Å². The summed E-state index contributed by atoms with van der Waals surface area (Å²) in [5.74, 6) is -0.440. The van der Waals surface area contributed by atoms with Gasteiger partial charge < -0.3 is 10.1 Å². The molecule has 2 atom stereocenters. The van der Waals surface area contributed by atoms with Crippen molar-refractivity contribution in [2.24, 2.45) is 0 Å². The molecule has 0 spiro atoms. The Kier molecular flexibility index (Phi) is 4.84. The van der Waals surface area contributed by atoms with Crippen LogP contribution in [0.1, 0.15) is 31.4 Å². The normalized spacial score (nSPS) is 21.9. The van der Waals surface area contributed by atoms with Gasteiger partial charge in [-0.1, -0.05) is 23.2 Å². The van der Waals surface area contributed by atoms with E-state index in [9.17, 15) is 4.39 Å². The summed E-state index contributed by atoms with van der Waals surface area (Å²) in [6.07, 6.45) is 2.09. The molecule has 100 valence electrons. The van der Waals surface area contributed by atoms with E-state index in [1.165, 1.54) is 12.1 Å². The van der Waals surface area contributed by atoms with E-state index < -0.39 is 5.82 Å². The Morgan fingerprint density at radius 2 is 2.22 bits per heavy atom. The first-order valence-corrected chi connectivity index (χ1v) is 6.82. The third kappa shape index (κ3) is 3.15. The van der Waals surface area contributed by atoms with Gasteiger partial charge in [-0.05, 0) is 31.9 Å². The van der Waals surface area contributed by atoms with Crippen molar-refractivity contribution in [1.29, 1.82) is 0 Å². The maximum atomic E-state index is 13.5. The summed E-state index contributed by atoms with van der Waals surface area (Å²) in [7, 11) is 0. The number of halogens is 3. The first-order chi connectivity index (χ1) is 8.59. The zero-order valence-corrected chi connectivity index (χ0v) is 11.7. The fourth-order valence-corrected chi connectivity index (χ4v) is 2.95. The van der Waals surface area contributed by atoms with Crippen LogP contribution < -0.4 is 5.32 Å². The molecule has 0 saturated carbocycles. The zero-order chi connectivity index (χ0) is 13.1. The molecular weight excluding hydrogens is 276 g/mol. The first-order valence-electron chi connectivity index (χ1n) is 6.06. The predicted octanol–water partition coefficient (Wildman–Crippen LogP) is 3.96. The van der Waals surface area contributed by atoms with E-state index in [-0.39, 0.29) is 17.1 Å². The predicted molar refractivity (Wildman–Crippen MR) is 71.8 cm³/mol. The molecule has 1 aliphatic rings. The maximum absolute atomic E-state index is 13.5. The van der Waals surface area contributed by atoms with Crippen LogP contribution in [0.3, 0.4) is 0 Å². The lowest BCUT2D eigenvalue weighted by Crippen LogP contribution is -2.38. The summed E-state index contributed by atoms with van der Waals surface area (Å²) in [5.41, 5.74) is 0.615. The molecule has 0 bridgehead atoms. The summed E-state index contributed by atoms with van der Waals surface area (Å²) in [4.78, 5) is 0. The Morgan fingerprint density at radius 3 is 2.89 bits per heavy atom. The molecule has 1 fully saturated rings. The van der Waals surface area contributed by atoms with Crippen LogP contribution in [-0.2, 0) is 4.74 Å². The Morgan fingerprint density at radius 1 is 1.44 bits per heavy atom. The largest absolute Gasteiger partial charge is 0.380 e. The second kappa shape index (κ2) is 6.20. The number of benzene rings is 1. The van der Waals surface area contributed by atoms with Gasteiger partial charge in [0.05, 0.1) is 11.6 Å². The van der Waals surface area contributed by atoms with Gasteiger partial charge in [0.1, 0.15) is 5.82 Å². The van der Waals surface area contributed by atoms with Gasteiger partial charge in [0, 0.05) is 29.3 Å². The van der Waals surface area contributed by atoms with Gasteiger partial charge in [-0.15, -0.1) is 0 Å². The van der Waals surface area contributed by atoms with Gasteiger partial charge in [0.15, 0.2) is 0 Å². The minimum absolute atomic E-state index is 0.0965. The van der Waals surface area contributed by atoms with Crippen molar-refractivity contribution in [2.75, 3.05) is 13.2 Å². The number of ether oxygens (including phenoxy) is 1. The van der Waals surface area contributed by atoms with Gasteiger partial charge in [0.2, 0.25) is 0 Å². The molecular formula is C13H16Cl2FNO. The van der Waals surface area contributed by atoms with Crippen molar-refractivity contribution in [1.82, 2.24) is 5.32 Å². The standard InChI is InChI=1S/C13H16Cl2FNO/c1-8(17-9-3-2-6-18-7-9)12-10(14)4-5-11(16)13(12)15/h4-5,8-9,17H,2-3,6-7H2,1H3. The number of hydrogen-bond donors (Lipinski definition) is 1. The minimum atomic E-state index is -0.440. The van der Waals surface area contributed by atoms with Crippen molar-refractivity contribution in [3.8, 4) is 0 Å². The van der Waals surface area contributed by atoms with Crippen molar-refractivity contribution in [2.45, 2.75) is 31.8 Å². The van der Waals surface area contributed by atoms with Crippen LogP contribution in [0.4, 0.5) is 4.39 Å². The van der Waals surface area contributed by atoms with Gasteiger partial charge in [-0.25, -0.2) is 4.39 Å². The molecule has 2 rings (SSSR count). The first kappa shape index (κ1) is 14.1. The topological polar surface area (TPSA) is 21.3 Å². The molecule has 1 N–H and O–H groups in total. The van der Waals surface area contributed by atoms with Crippen molar-refractivity contribution in [3.05, 3.63) is 33.6 Å². The second-order valence-electron chi connectivity index (χ2n) is 4.56. The van der Waals surface area contributed by atoms with Gasteiger partial charge in [0.25, 0.3) is 0 Å². The summed E-state index contributed by atoms with van der Waals surface area (Å²) in [6, 6.07) is 2.98. The summed E-state index contributed by atoms with van der Waals surface area (Å²) < 4.78 is 18.9. The number of hydrogen-bond acceptors (Lipinski definition) is 2. The average Bonchev–Trinajstić information content (AvgIpc) is 2.36. The summed E-state index contributed by atoms with van der Waals surface area (Å²) in [5, 5.41) is 3.96. The van der Waals surface area contributed by atoms with E-state index in [2.05, 4.69) is 5.32 Å². The molecule has 18 heavy (non-hydrogen) atoms. The van der Waals surface area contributed by atoms with Crippen LogP contribution in [0.2, 0.25) is 10.0 Å². The highest BCUT2D eigenvalue weighted by Gasteiger charge is 2.21. The molecule has 0 radical (unpaired) electrons. The van der Waals surface area contributed by atoms with Gasteiger partial charge in [-0.3, -0.25) is 0 Å². The van der Waals surface area contributed by atoms with Crippen LogP contribution in [0.25, 0.3) is 0 Å². The third-order valence-electron chi connectivity index (χ3n) is 3.16. The minimum Gasteiger partial charge on any atom is -0.380 e. The van der Waals surface area contributed by atoms with E-state index >= 15 is 0 Å². The molecule has 1 aromatic rings. The van der Waals surface area contributed by atoms with Gasteiger partial charge >= 0.3 is 0 Å². The lowest BCUT2D eigenvalue weighted by Gasteiger charge is -2.27. The molecule has 0 aromatic heterocycles. The Hall–Kier alpha value is -0.350. The fourth-order valence-electron chi connectivity index (χ4n) is 2.25. The SMILES string of the molecule is CC(NC1CCCOC1)c1c(Cl)ccc(F)c1Cl. The highest BCUT2D eigenvalue weighted by Crippen LogP contribution is 2.32. The quantitative estimate of drug-likeness (QED) is 0.851. The Balaban J connectivity index is 2.12. The van der Waals surface area contributed by atoms with Crippen LogP contribution >= 0.6 is 23.2 Å². The van der Waals surface area contributed by atoms with E-state index in [4.69, 9.17) is 27.9 Å². The maximum Gasteiger partial charge on any atom is 0.142 e. The second-order valence-corrected chi connectivity index (χ2v) is 5.34. The Labute approximate surface area is 116 Å². The molecule has 1 aromatic carbocycles. The molecule has 1 saturated heterocycles. The van der Waals surface area contributed by atoms with Gasteiger partial charge in [-0.2, -0.15) is 0 Å². The molecule has 1 aliphatic heterocycles. The van der Waals surface area contributed by atoms with Crippen LogP contribution in [0.5, 0.6) is 0 Å². The monoisotopic (exact) mass is 291 g/mol. The van der Waals surface area contributed by atoms with Crippen molar-refractivity contribution < 1.29 is 9.13 Å². The van der Waals surface area contributed by atoms with Crippen molar-refractivity contribution >= 4 is 23.2 Å². The van der Waals surface area contributed by atoms with E-state index in [1.807, 2.05) is 6.92 Å². The lowest BCUT2D eigenvalue weighted by molar-refractivity contribution is 0.0671. The molecule has 0 amide bonds. The third-order valence-corrected chi connectivity index (χ3v) is 3.87. The summed E-state index contributed by atoms with van der Waals surface area (Å²) >= 11 is 12.1. The average molecular weight is 292 g/mol. The smallest absolute Gasteiger partial charge is 0.142 e. The Bertz CT molecular complexity index is 422. The van der Waals surface area contributed by atoms with E-state index in [0.29, 0.717) is 17.2 Å². The molecule has 0 aliphatic carbocycles. The summed E-state index contributed by atoms with van der Waals surface area (Å²) in [6.45, 7) is 3.42. The number of rotatable bonds is 3. The van der Waals surface area contributed by atoms with Crippen molar-refractivity contribution in [3.63, 3.8) is 0 Å². The highest BCUT2D eigenvalue weighted by atomic mass is 35.5. The lowest BCUT2D eigenvalue weighted by atomic mass is 10.0. The highest BCUT2D eigenvalue weighted by molar-refractivity contribution is 6.36. The molecule has 5 heteroatoms. The van der Waals surface area contributed by atoms with E-state index in [0.717, 1.165) is 19.4 Å². The van der Waals surface area contributed by atoms with Crippen LogP contribution in [0, 0.1) is 5.82 Å². The molecule has 2 nitrogen and oxygen atoms in total. The van der Waals surface area contributed by atoms with Crippen LogP contribution in [-0.4, -0.2) is 19.3 Å². The molecule has 2 unspecified atom stereocenters. The molecule has 1 heterocycles. The zero-order valence-electron chi connectivity index (χ0n) is 10.2.